The highest BCUT2D eigenvalue weighted by Crippen LogP contribution is 2.18. The Kier molecular flexibility index (Phi) is 11.4. The number of carbonyl (C=O) groups is 3. The van der Waals surface area contributed by atoms with E-state index < -0.39 is 48.9 Å². The number of ether oxygens (including phenoxy) is 4. The van der Waals surface area contributed by atoms with E-state index in [9.17, 15) is 31.9 Å². The molecule has 0 heterocycles. The number of alkyl carbamates (subject to hydrolysis) is 1. The lowest BCUT2D eigenvalue weighted by atomic mass is 10.0. The van der Waals surface area contributed by atoms with Crippen LogP contribution in [0.3, 0.4) is 0 Å². The van der Waals surface area contributed by atoms with Gasteiger partial charge in [0, 0.05) is 12.8 Å². The molecule has 2 atom stereocenters. The fourth-order valence-corrected chi connectivity index (χ4v) is 3.35. The number of benzene rings is 2. The Morgan fingerprint density at radius 3 is 1.56 bits per heavy atom. The molecule has 2 rings (SSSR count). The molecule has 9 nitrogen and oxygen atoms in total. The van der Waals surface area contributed by atoms with Crippen molar-refractivity contribution in [1.82, 2.24) is 10.6 Å². The lowest BCUT2D eigenvalue weighted by molar-refractivity contribution is -0.145. The second-order valence-corrected chi connectivity index (χ2v) is 9.24. The summed E-state index contributed by atoms with van der Waals surface area (Å²) < 4.78 is 68.3. The highest BCUT2D eigenvalue weighted by Gasteiger charge is 2.29. The van der Waals surface area contributed by atoms with Gasteiger partial charge in [0.1, 0.15) is 29.2 Å². The van der Waals surface area contributed by atoms with Crippen LogP contribution in [0.2, 0.25) is 0 Å². The molecular formula is C26H30F4N2O7. The van der Waals surface area contributed by atoms with Crippen molar-refractivity contribution in [3.8, 4) is 11.5 Å². The summed E-state index contributed by atoms with van der Waals surface area (Å²) in [6.07, 6.45) is -1.05. The molecule has 2 aromatic carbocycles. The number of hydrogen-bond acceptors (Lipinski definition) is 7. The number of halogens is 4. The fraction of sp³-hybridized carbons (Fsp3) is 0.423. The molecule has 0 spiro atoms. The van der Waals surface area contributed by atoms with Crippen molar-refractivity contribution < 1.29 is 50.9 Å². The van der Waals surface area contributed by atoms with Crippen molar-refractivity contribution in [3.05, 3.63) is 59.7 Å². The number of methoxy groups -OCH3 is 1. The standard InChI is InChI=1S/C26H30F4N2O7/c1-26(2,3)39-25(35)32-19(13-15-5-9-17(10-6-15)37-23(27)28)21(33)31-20(22(34)36-4)14-16-7-11-18(12-8-16)38-24(29)30/h5-12,19-20,23-24H,13-14H2,1-4H3,(H,31,33)(H,32,35). The summed E-state index contributed by atoms with van der Waals surface area (Å²) in [7, 11) is 1.13. The molecule has 2 unspecified atom stereocenters. The summed E-state index contributed by atoms with van der Waals surface area (Å²) in [5, 5.41) is 4.99. The minimum absolute atomic E-state index is 0.0633. The summed E-state index contributed by atoms with van der Waals surface area (Å²) in [6, 6.07) is 8.46. The van der Waals surface area contributed by atoms with Crippen molar-refractivity contribution >= 4 is 18.0 Å². The van der Waals surface area contributed by atoms with Gasteiger partial charge in [-0.1, -0.05) is 24.3 Å². The predicted octanol–water partition coefficient (Wildman–Crippen LogP) is 4.23. The zero-order valence-corrected chi connectivity index (χ0v) is 21.7. The normalized spacial score (nSPS) is 12.9. The van der Waals surface area contributed by atoms with Crippen LogP contribution >= 0.6 is 0 Å². The van der Waals surface area contributed by atoms with Crippen LogP contribution in [0.4, 0.5) is 22.4 Å². The van der Waals surface area contributed by atoms with Gasteiger partial charge in [-0.2, -0.15) is 17.6 Å². The Labute approximate surface area is 222 Å². The first kappa shape index (κ1) is 31.2. The molecule has 214 valence electrons. The van der Waals surface area contributed by atoms with Crippen LogP contribution < -0.4 is 20.1 Å². The smallest absolute Gasteiger partial charge is 0.408 e. The van der Waals surface area contributed by atoms with Crippen molar-refractivity contribution in [1.29, 1.82) is 0 Å². The average molecular weight is 559 g/mol. The Morgan fingerprint density at radius 1 is 0.744 bits per heavy atom. The van der Waals surface area contributed by atoms with Crippen LogP contribution in [0, 0.1) is 0 Å². The van der Waals surface area contributed by atoms with Crippen molar-refractivity contribution in [2.75, 3.05) is 7.11 Å². The zero-order valence-electron chi connectivity index (χ0n) is 21.7. The molecule has 0 fully saturated rings. The first-order valence-corrected chi connectivity index (χ1v) is 11.7. The number of rotatable bonds is 12. The SMILES string of the molecule is COC(=O)C(Cc1ccc(OC(F)F)cc1)NC(=O)C(Cc1ccc(OC(F)F)cc1)NC(=O)OC(C)(C)C. The third-order valence-electron chi connectivity index (χ3n) is 4.99. The molecule has 13 heteroatoms. The monoisotopic (exact) mass is 558 g/mol. The average Bonchev–Trinajstić information content (AvgIpc) is 2.83. The van der Waals surface area contributed by atoms with E-state index >= 15 is 0 Å². The maximum atomic E-state index is 13.2. The number of nitrogens with one attached hydrogen (secondary N) is 2. The van der Waals surface area contributed by atoms with E-state index in [2.05, 4.69) is 20.1 Å². The number of alkyl halides is 4. The topological polar surface area (TPSA) is 112 Å². The number of amides is 2. The molecule has 0 aromatic heterocycles. The van der Waals surface area contributed by atoms with Crippen molar-refractivity contribution in [2.45, 2.75) is 64.5 Å². The van der Waals surface area contributed by atoms with Gasteiger partial charge < -0.3 is 29.6 Å². The fourth-order valence-electron chi connectivity index (χ4n) is 3.35. The molecule has 0 aliphatic heterocycles. The Bertz CT molecular complexity index is 1090. The summed E-state index contributed by atoms with van der Waals surface area (Å²) in [6.45, 7) is -1.11. The van der Waals surface area contributed by atoms with Gasteiger partial charge in [-0.15, -0.1) is 0 Å². The molecule has 0 saturated heterocycles. The van der Waals surface area contributed by atoms with E-state index in [-0.39, 0.29) is 24.3 Å². The van der Waals surface area contributed by atoms with Gasteiger partial charge in [0.15, 0.2) is 0 Å². The summed E-state index contributed by atoms with van der Waals surface area (Å²) >= 11 is 0. The Morgan fingerprint density at radius 2 is 1.18 bits per heavy atom. The quantitative estimate of drug-likeness (QED) is 0.296. The molecular weight excluding hydrogens is 528 g/mol. The second kappa shape index (κ2) is 14.2. The first-order chi connectivity index (χ1) is 18.3. The summed E-state index contributed by atoms with van der Waals surface area (Å²) in [5.41, 5.74) is 0.115. The Hall–Kier alpha value is -4.03. The van der Waals surface area contributed by atoms with Crippen LogP contribution in [0.1, 0.15) is 31.9 Å². The van der Waals surface area contributed by atoms with Gasteiger partial charge in [0.2, 0.25) is 5.91 Å². The van der Waals surface area contributed by atoms with Crippen LogP contribution in [-0.4, -0.2) is 56.0 Å². The molecule has 39 heavy (non-hydrogen) atoms. The van der Waals surface area contributed by atoms with Gasteiger partial charge in [-0.05, 0) is 56.2 Å². The van der Waals surface area contributed by atoms with Gasteiger partial charge in [0.25, 0.3) is 0 Å². The van der Waals surface area contributed by atoms with E-state index in [0.717, 1.165) is 7.11 Å². The number of hydrogen-bond donors (Lipinski definition) is 2. The third kappa shape index (κ3) is 11.5. The van der Waals surface area contributed by atoms with E-state index in [1.54, 1.807) is 20.8 Å². The molecule has 0 radical (unpaired) electrons. The highest BCUT2D eigenvalue weighted by atomic mass is 19.3. The van der Waals surface area contributed by atoms with Crippen LogP contribution in [0.25, 0.3) is 0 Å². The third-order valence-corrected chi connectivity index (χ3v) is 4.99. The summed E-state index contributed by atoms with van der Waals surface area (Å²) in [4.78, 5) is 38.1. The van der Waals surface area contributed by atoms with Gasteiger partial charge >= 0.3 is 25.3 Å². The molecule has 0 aliphatic rings. The lowest BCUT2D eigenvalue weighted by Gasteiger charge is -2.25. The van der Waals surface area contributed by atoms with E-state index in [1.165, 1.54) is 48.5 Å². The minimum Gasteiger partial charge on any atom is -0.467 e. The minimum atomic E-state index is -3.01. The predicted molar refractivity (Wildman–Crippen MR) is 131 cm³/mol. The maximum absolute atomic E-state index is 13.2. The van der Waals surface area contributed by atoms with Crippen LogP contribution in [-0.2, 0) is 31.9 Å². The summed E-state index contributed by atoms with van der Waals surface area (Å²) in [5.74, 6) is -1.73. The molecule has 2 N–H and O–H groups in total. The second-order valence-electron chi connectivity index (χ2n) is 9.24. The molecule has 0 saturated carbocycles. The van der Waals surface area contributed by atoms with E-state index in [1.807, 2.05) is 0 Å². The van der Waals surface area contributed by atoms with E-state index in [4.69, 9.17) is 9.47 Å². The van der Waals surface area contributed by atoms with Gasteiger partial charge in [-0.25, -0.2) is 9.59 Å². The Balaban J connectivity index is 2.22. The first-order valence-electron chi connectivity index (χ1n) is 11.7. The van der Waals surface area contributed by atoms with Crippen molar-refractivity contribution in [2.24, 2.45) is 0 Å². The lowest BCUT2D eigenvalue weighted by Crippen LogP contribution is -2.53. The molecule has 2 aromatic rings. The molecule has 2 amide bonds. The molecule has 0 aliphatic carbocycles. The van der Waals surface area contributed by atoms with Gasteiger partial charge in [-0.3, -0.25) is 4.79 Å². The van der Waals surface area contributed by atoms with E-state index in [0.29, 0.717) is 11.1 Å². The van der Waals surface area contributed by atoms with Gasteiger partial charge in [0.05, 0.1) is 7.11 Å². The molecule has 0 bridgehead atoms. The maximum Gasteiger partial charge on any atom is 0.408 e. The van der Waals surface area contributed by atoms with Crippen LogP contribution in [0.5, 0.6) is 11.5 Å². The highest BCUT2D eigenvalue weighted by molar-refractivity contribution is 5.90. The van der Waals surface area contributed by atoms with Crippen LogP contribution in [0.15, 0.2) is 48.5 Å². The van der Waals surface area contributed by atoms with Crippen molar-refractivity contribution in [3.63, 3.8) is 0 Å². The number of carbonyl (C=O) groups excluding carboxylic acids is 3. The zero-order chi connectivity index (χ0) is 29.2. The largest absolute Gasteiger partial charge is 0.467 e. The number of esters is 1.